The zero-order valence-corrected chi connectivity index (χ0v) is 19.0. The van der Waals surface area contributed by atoms with Gasteiger partial charge in [0.1, 0.15) is 18.0 Å². The van der Waals surface area contributed by atoms with E-state index in [0.29, 0.717) is 34.6 Å². The van der Waals surface area contributed by atoms with Crippen LogP contribution in [-0.2, 0) is 15.0 Å². The van der Waals surface area contributed by atoms with Gasteiger partial charge >= 0.3 is 10.2 Å². The first kappa shape index (κ1) is 23.0. The highest BCUT2D eigenvalue weighted by molar-refractivity contribution is 7.90. The maximum Gasteiger partial charge on any atom is 0.301 e. The second-order valence-electron chi connectivity index (χ2n) is 6.45. The van der Waals surface area contributed by atoms with Gasteiger partial charge in [0.2, 0.25) is 5.91 Å². The Bertz CT molecular complexity index is 1220. The zero-order valence-electron chi connectivity index (χ0n) is 16.7. The van der Waals surface area contributed by atoms with Crippen LogP contribution in [-0.4, -0.2) is 48.1 Å². The van der Waals surface area contributed by atoms with Gasteiger partial charge < -0.3 is 10.6 Å². The first-order valence-corrected chi connectivity index (χ1v) is 11.5. The van der Waals surface area contributed by atoms with Crippen molar-refractivity contribution in [3.05, 3.63) is 47.7 Å². The predicted molar refractivity (Wildman–Crippen MR) is 124 cm³/mol. The molecule has 0 atom stereocenters. The first-order chi connectivity index (χ1) is 14.7. The van der Waals surface area contributed by atoms with Gasteiger partial charge in [-0.05, 0) is 30.3 Å². The lowest BCUT2D eigenvalue weighted by molar-refractivity contribution is -0.113. The number of carbonyl (C=O) groups is 1. The maximum atomic E-state index is 12.3. The Balaban J connectivity index is 1.91. The molecular weight excluding hydrogens is 463 g/mol. The van der Waals surface area contributed by atoms with Crippen molar-refractivity contribution < 1.29 is 13.2 Å². The van der Waals surface area contributed by atoms with Gasteiger partial charge in [0, 0.05) is 24.7 Å². The van der Waals surface area contributed by atoms with E-state index >= 15 is 0 Å². The van der Waals surface area contributed by atoms with Crippen molar-refractivity contribution in [3.8, 4) is 0 Å². The topological polar surface area (TPSA) is 116 Å². The Hall–Kier alpha value is -2.66. The van der Waals surface area contributed by atoms with Crippen molar-refractivity contribution in [1.29, 1.82) is 0 Å². The van der Waals surface area contributed by atoms with E-state index in [4.69, 9.17) is 23.2 Å². The van der Waals surface area contributed by atoms with E-state index in [0.717, 1.165) is 0 Å². The molecule has 3 aromatic rings. The summed E-state index contributed by atoms with van der Waals surface area (Å²) in [4.78, 5) is 20.0. The number of aromatic nitrogens is 2. The summed E-state index contributed by atoms with van der Waals surface area (Å²) in [5.74, 6) is -0.0117. The van der Waals surface area contributed by atoms with Gasteiger partial charge in [0.05, 0.1) is 21.9 Å². The van der Waals surface area contributed by atoms with Crippen molar-refractivity contribution >= 4 is 73.1 Å². The molecule has 0 radical (unpaired) electrons. The highest BCUT2D eigenvalue weighted by Crippen LogP contribution is 2.34. The molecule has 1 amide bonds. The molecule has 0 spiro atoms. The summed E-state index contributed by atoms with van der Waals surface area (Å²) in [6.07, 6.45) is 1.37. The zero-order chi connectivity index (χ0) is 22.6. The fourth-order valence-electron chi connectivity index (χ4n) is 2.65. The molecule has 0 fully saturated rings. The van der Waals surface area contributed by atoms with Crippen LogP contribution < -0.4 is 15.4 Å². The van der Waals surface area contributed by atoms with Gasteiger partial charge in [-0.3, -0.25) is 9.52 Å². The number of hydrogen-bond donors (Lipinski definition) is 3. The average molecular weight is 483 g/mol. The number of nitrogens with zero attached hydrogens (tertiary/aromatic N) is 3. The molecular formula is C19H20Cl2N6O3S. The van der Waals surface area contributed by atoms with Gasteiger partial charge in [-0.1, -0.05) is 24.6 Å². The van der Waals surface area contributed by atoms with E-state index in [2.05, 4.69) is 25.3 Å². The molecule has 0 aliphatic carbocycles. The number of anilines is 4. The van der Waals surface area contributed by atoms with Gasteiger partial charge in [-0.25, -0.2) is 9.97 Å². The molecule has 0 aliphatic rings. The van der Waals surface area contributed by atoms with E-state index in [9.17, 15) is 13.2 Å². The third kappa shape index (κ3) is 5.34. The van der Waals surface area contributed by atoms with Crippen LogP contribution in [0, 0.1) is 0 Å². The Morgan fingerprint density at radius 1 is 1.16 bits per heavy atom. The lowest BCUT2D eigenvalue weighted by Gasteiger charge is -2.18. The van der Waals surface area contributed by atoms with E-state index in [-0.39, 0.29) is 22.5 Å². The summed E-state index contributed by atoms with van der Waals surface area (Å²) >= 11 is 12.0. The molecule has 31 heavy (non-hydrogen) atoms. The van der Waals surface area contributed by atoms with Crippen molar-refractivity contribution in [1.82, 2.24) is 14.3 Å². The molecule has 9 nitrogen and oxygen atoms in total. The quantitative estimate of drug-likeness (QED) is 0.420. The third-order valence-corrected chi connectivity index (χ3v) is 6.59. The summed E-state index contributed by atoms with van der Waals surface area (Å²) in [5, 5.41) is 6.65. The number of fused-ring (bicyclic) bond motifs is 1. The molecule has 0 unspecified atom stereocenters. The highest BCUT2D eigenvalue weighted by atomic mass is 35.5. The molecule has 0 saturated carbocycles. The smallest absolute Gasteiger partial charge is 0.301 e. The van der Waals surface area contributed by atoms with Crippen LogP contribution in [0.3, 0.4) is 0 Å². The van der Waals surface area contributed by atoms with E-state index < -0.39 is 10.2 Å². The van der Waals surface area contributed by atoms with Crippen molar-refractivity contribution in [2.24, 2.45) is 0 Å². The number of amides is 1. The van der Waals surface area contributed by atoms with Crippen LogP contribution in [0.25, 0.3) is 10.9 Å². The molecule has 2 aromatic carbocycles. The van der Waals surface area contributed by atoms with Crippen LogP contribution >= 0.6 is 23.2 Å². The Kier molecular flexibility index (Phi) is 7.16. The van der Waals surface area contributed by atoms with Crippen LogP contribution in [0.5, 0.6) is 0 Å². The fraction of sp³-hybridized carbons (Fsp3) is 0.211. The SMILES string of the molecule is CCN(C)S(=O)(=O)Nc1cccc(Nc2ncnc3cc(NC(=O)CCl)ccc23)c1Cl. The van der Waals surface area contributed by atoms with Crippen molar-refractivity contribution in [2.45, 2.75) is 6.92 Å². The van der Waals surface area contributed by atoms with Gasteiger partial charge in [0.25, 0.3) is 0 Å². The second kappa shape index (κ2) is 9.65. The van der Waals surface area contributed by atoms with Crippen LogP contribution in [0.4, 0.5) is 22.9 Å². The van der Waals surface area contributed by atoms with Crippen LogP contribution in [0.1, 0.15) is 6.92 Å². The van der Waals surface area contributed by atoms with Crippen molar-refractivity contribution in [2.75, 3.05) is 34.8 Å². The molecule has 1 heterocycles. The molecule has 0 bridgehead atoms. The minimum Gasteiger partial charge on any atom is -0.338 e. The summed E-state index contributed by atoms with van der Waals surface area (Å²) in [5.41, 5.74) is 1.83. The normalized spacial score (nSPS) is 11.5. The minimum atomic E-state index is -3.73. The number of benzene rings is 2. The monoisotopic (exact) mass is 482 g/mol. The third-order valence-electron chi connectivity index (χ3n) is 4.39. The van der Waals surface area contributed by atoms with E-state index in [1.54, 1.807) is 43.3 Å². The molecule has 0 saturated heterocycles. The van der Waals surface area contributed by atoms with Gasteiger partial charge in [0.15, 0.2) is 0 Å². The lowest BCUT2D eigenvalue weighted by atomic mass is 10.2. The number of rotatable bonds is 8. The van der Waals surface area contributed by atoms with Crippen LogP contribution in [0.15, 0.2) is 42.7 Å². The number of hydrogen-bond acceptors (Lipinski definition) is 6. The second-order valence-corrected chi connectivity index (χ2v) is 8.87. The Morgan fingerprint density at radius 2 is 1.90 bits per heavy atom. The Morgan fingerprint density at radius 3 is 2.61 bits per heavy atom. The molecule has 0 aliphatic heterocycles. The van der Waals surface area contributed by atoms with E-state index in [1.807, 2.05) is 0 Å². The molecule has 1 aromatic heterocycles. The largest absolute Gasteiger partial charge is 0.338 e. The van der Waals surface area contributed by atoms with Gasteiger partial charge in [-0.15, -0.1) is 11.6 Å². The molecule has 3 rings (SSSR count). The number of halogens is 2. The molecule has 3 N–H and O–H groups in total. The van der Waals surface area contributed by atoms with Crippen molar-refractivity contribution in [3.63, 3.8) is 0 Å². The Labute approximate surface area is 190 Å². The predicted octanol–water partition coefficient (Wildman–Crippen LogP) is 3.81. The average Bonchev–Trinajstić information content (AvgIpc) is 2.75. The standard InChI is InChI=1S/C19H20Cl2N6O3S/c1-3-27(2)31(29,30)26-15-6-4-5-14(18(15)21)25-19-13-8-7-12(24-17(28)10-20)9-16(13)22-11-23-19/h4-9,11,26H,3,10H2,1-2H3,(H,24,28)(H,22,23,25). The fourth-order valence-corrected chi connectivity index (χ4v) is 3.94. The maximum absolute atomic E-state index is 12.3. The number of carbonyl (C=O) groups excluding carboxylic acids is 1. The number of alkyl halides is 1. The highest BCUT2D eigenvalue weighted by Gasteiger charge is 2.18. The lowest BCUT2D eigenvalue weighted by Crippen LogP contribution is -2.32. The van der Waals surface area contributed by atoms with E-state index in [1.165, 1.54) is 17.7 Å². The number of nitrogens with one attached hydrogen (secondary N) is 3. The summed E-state index contributed by atoms with van der Waals surface area (Å²) < 4.78 is 28.3. The van der Waals surface area contributed by atoms with Gasteiger partial charge in [-0.2, -0.15) is 12.7 Å². The summed E-state index contributed by atoms with van der Waals surface area (Å²) in [6, 6.07) is 10.1. The minimum absolute atomic E-state index is 0.152. The molecule has 12 heteroatoms. The summed E-state index contributed by atoms with van der Waals surface area (Å²) in [6.45, 7) is 2.04. The van der Waals surface area contributed by atoms with Crippen LogP contribution in [0.2, 0.25) is 5.02 Å². The first-order valence-electron chi connectivity index (χ1n) is 9.15. The molecule has 164 valence electrons. The summed E-state index contributed by atoms with van der Waals surface area (Å²) in [7, 11) is -2.26.